The Labute approximate surface area is 181 Å². The molecule has 2 aromatic rings. The minimum Gasteiger partial charge on any atom is -0.469 e. The van der Waals surface area contributed by atoms with Crippen LogP contribution in [-0.2, 0) is 14.0 Å². The molecule has 2 aromatic carbocycles. The molecule has 0 amide bonds. The van der Waals surface area contributed by atoms with Crippen molar-refractivity contribution in [1.29, 1.82) is 0 Å². The standard InChI is InChI=1S/C25H34O4Si/c1-18-22(26)16-19(24(27)28-5)17-23(18)29-30(25(2,3)4,20-12-8-6-9-13-20)21-14-10-7-11-15-21/h6-15,18-19,22-23,26H,16-17H2,1-5H3/t18-,19+,22+,23+/m1/s1. The lowest BCUT2D eigenvalue weighted by atomic mass is 9.79. The number of methoxy groups -OCH3 is 1. The zero-order valence-electron chi connectivity index (χ0n) is 18.7. The van der Waals surface area contributed by atoms with Gasteiger partial charge in [0.1, 0.15) is 0 Å². The number of esters is 1. The number of rotatable bonds is 5. The van der Waals surface area contributed by atoms with Crippen LogP contribution < -0.4 is 10.4 Å². The highest BCUT2D eigenvalue weighted by Crippen LogP contribution is 2.41. The van der Waals surface area contributed by atoms with Crippen molar-refractivity contribution in [1.82, 2.24) is 0 Å². The highest BCUT2D eigenvalue weighted by Gasteiger charge is 2.53. The zero-order valence-corrected chi connectivity index (χ0v) is 19.7. The third-order valence-corrected chi connectivity index (χ3v) is 11.6. The maximum atomic E-state index is 12.3. The lowest BCUT2D eigenvalue weighted by Gasteiger charge is -2.48. The summed E-state index contributed by atoms with van der Waals surface area (Å²) in [6.45, 7) is 8.74. The minimum absolute atomic E-state index is 0.0624. The van der Waals surface area contributed by atoms with E-state index in [9.17, 15) is 9.90 Å². The second-order valence-electron chi connectivity index (χ2n) is 9.44. The fraction of sp³-hybridized carbons (Fsp3) is 0.480. The maximum absolute atomic E-state index is 12.3. The molecule has 0 aliphatic heterocycles. The van der Waals surface area contributed by atoms with Crippen LogP contribution in [0.25, 0.3) is 0 Å². The Hall–Kier alpha value is -1.95. The van der Waals surface area contributed by atoms with Crippen LogP contribution in [0.1, 0.15) is 40.5 Å². The highest BCUT2D eigenvalue weighted by molar-refractivity contribution is 6.99. The second kappa shape index (κ2) is 9.04. The fourth-order valence-electron chi connectivity index (χ4n) is 4.78. The molecule has 0 unspecified atom stereocenters. The molecule has 30 heavy (non-hydrogen) atoms. The summed E-state index contributed by atoms with van der Waals surface area (Å²) in [5, 5.41) is 13.0. The maximum Gasteiger partial charge on any atom is 0.308 e. The van der Waals surface area contributed by atoms with Gasteiger partial charge in [-0.25, -0.2) is 0 Å². The van der Waals surface area contributed by atoms with Gasteiger partial charge >= 0.3 is 5.97 Å². The molecule has 162 valence electrons. The van der Waals surface area contributed by atoms with Gasteiger partial charge in [0.25, 0.3) is 8.32 Å². The van der Waals surface area contributed by atoms with Crippen molar-refractivity contribution < 1.29 is 19.1 Å². The van der Waals surface area contributed by atoms with Gasteiger partial charge in [0.05, 0.1) is 25.2 Å². The number of benzene rings is 2. The summed E-state index contributed by atoms with van der Waals surface area (Å²) < 4.78 is 12.2. The van der Waals surface area contributed by atoms with Gasteiger partial charge in [0.2, 0.25) is 0 Å². The number of aliphatic hydroxyl groups excluding tert-OH is 1. The topological polar surface area (TPSA) is 55.8 Å². The van der Waals surface area contributed by atoms with Crippen LogP contribution in [0.2, 0.25) is 5.04 Å². The van der Waals surface area contributed by atoms with Crippen LogP contribution in [0.15, 0.2) is 60.7 Å². The Morgan fingerprint density at radius 2 is 1.47 bits per heavy atom. The third kappa shape index (κ3) is 4.24. The van der Waals surface area contributed by atoms with Crippen LogP contribution in [0.4, 0.5) is 0 Å². The quantitative estimate of drug-likeness (QED) is 0.587. The predicted octanol–water partition coefficient (Wildman–Crippen LogP) is 3.51. The first kappa shape index (κ1) is 22.7. The molecule has 0 aromatic heterocycles. The SMILES string of the molecule is COC(=O)[C@@H]1C[C@H](O[Si](c2ccccc2)(c2ccccc2)C(C)(C)C)[C@H](C)[C@@H](O)C1. The van der Waals surface area contributed by atoms with Crippen LogP contribution in [0.5, 0.6) is 0 Å². The predicted molar refractivity (Wildman–Crippen MR) is 122 cm³/mol. The molecule has 4 nitrogen and oxygen atoms in total. The van der Waals surface area contributed by atoms with Crippen LogP contribution in [0.3, 0.4) is 0 Å². The largest absolute Gasteiger partial charge is 0.469 e. The molecular weight excluding hydrogens is 392 g/mol. The van der Waals surface area contributed by atoms with E-state index in [1.807, 2.05) is 19.1 Å². The molecule has 0 spiro atoms. The molecule has 5 heteroatoms. The molecule has 0 bridgehead atoms. The van der Waals surface area contributed by atoms with Crippen molar-refractivity contribution in [2.45, 2.75) is 57.8 Å². The van der Waals surface area contributed by atoms with Crippen molar-refractivity contribution >= 4 is 24.7 Å². The first-order valence-electron chi connectivity index (χ1n) is 10.8. The van der Waals surface area contributed by atoms with Gasteiger partial charge in [-0.1, -0.05) is 88.4 Å². The number of hydrogen-bond donors (Lipinski definition) is 1. The van der Waals surface area contributed by atoms with Crippen LogP contribution in [0, 0.1) is 11.8 Å². The summed E-state index contributed by atoms with van der Waals surface area (Å²) in [5.41, 5.74) is 0. The highest BCUT2D eigenvalue weighted by atomic mass is 28.4. The summed E-state index contributed by atoms with van der Waals surface area (Å²) in [6.07, 6.45) is 0.166. The zero-order chi connectivity index (χ0) is 21.9. The molecule has 0 heterocycles. The molecule has 1 fully saturated rings. The van der Waals surface area contributed by atoms with E-state index >= 15 is 0 Å². The molecule has 4 atom stereocenters. The second-order valence-corrected chi connectivity index (χ2v) is 13.7. The lowest BCUT2D eigenvalue weighted by Crippen LogP contribution is -2.68. The number of aliphatic hydroxyl groups is 1. The third-order valence-electron chi connectivity index (χ3n) is 6.52. The van der Waals surface area contributed by atoms with E-state index < -0.39 is 14.4 Å². The Morgan fingerprint density at radius 3 is 1.90 bits per heavy atom. The number of carbonyl (C=O) groups excluding carboxylic acids is 1. The average Bonchev–Trinajstić information content (AvgIpc) is 2.74. The van der Waals surface area contributed by atoms with E-state index in [0.29, 0.717) is 12.8 Å². The smallest absolute Gasteiger partial charge is 0.308 e. The number of hydrogen-bond acceptors (Lipinski definition) is 4. The molecule has 1 N–H and O–H groups in total. The van der Waals surface area contributed by atoms with Gasteiger partial charge in [-0.05, 0) is 28.3 Å². The van der Waals surface area contributed by atoms with Crippen molar-refractivity contribution in [3.63, 3.8) is 0 Å². The van der Waals surface area contributed by atoms with Crippen LogP contribution >= 0.6 is 0 Å². The van der Waals surface area contributed by atoms with Gasteiger partial charge in [0, 0.05) is 5.92 Å². The fourth-order valence-corrected chi connectivity index (χ4v) is 9.56. The Morgan fingerprint density at radius 1 is 0.967 bits per heavy atom. The van der Waals surface area contributed by atoms with Gasteiger partial charge in [0.15, 0.2) is 0 Å². The van der Waals surface area contributed by atoms with Gasteiger partial charge in [-0.2, -0.15) is 0 Å². The van der Waals surface area contributed by atoms with Crippen molar-refractivity contribution in [3.05, 3.63) is 60.7 Å². The lowest BCUT2D eigenvalue weighted by molar-refractivity contribution is -0.151. The molecule has 1 aliphatic carbocycles. The monoisotopic (exact) mass is 426 g/mol. The van der Waals surface area contributed by atoms with E-state index in [4.69, 9.17) is 9.16 Å². The molecule has 0 radical (unpaired) electrons. The van der Waals surface area contributed by atoms with E-state index in [1.54, 1.807) is 0 Å². The van der Waals surface area contributed by atoms with Gasteiger partial charge < -0.3 is 14.3 Å². The summed E-state index contributed by atoms with van der Waals surface area (Å²) in [5.74, 6) is -0.672. The molecular formula is C25H34O4Si. The Balaban J connectivity index is 2.12. The van der Waals surface area contributed by atoms with Gasteiger partial charge in [-0.3, -0.25) is 4.79 Å². The summed E-state index contributed by atoms with van der Waals surface area (Å²) in [4.78, 5) is 12.3. The Kier molecular flexibility index (Phi) is 6.85. The summed E-state index contributed by atoms with van der Waals surface area (Å²) in [7, 11) is -1.34. The number of carbonyl (C=O) groups is 1. The summed E-state index contributed by atoms with van der Waals surface area (Å²) in [6, 6.07) is 20.9. The minimum atomic E-state index is -2.75. The molecule has 0 saturated heterocycles. The first-order valence-corrected chi connectivity index (χ1v) is 12.7. The average molecular weight is 427 g/mol. The van der Waals surface area contributed by atoms with Crippen molar-refractivity contribution in [3.8, 4) is 0 Å². The number of ether oxygens (including phenoxy) is 1. The first-order chi connectivity index (χ1) is 14.2. The molecule has 1 aliphatic rings. The van der Waals surface area contributed by atoms with E-state index in [1.165, 1.54) is 17.5 Å². The van der Waals surface area contributed by atoms with E-state index in [0.717, 1.165) is 0 Å². The Bertz CT molecular complexity index is 792. The normalized spacial score (nSPS) is 25.0. The van der Waals surface area contributed by atoms with Crippen LogP contribution in [-0.4, -0.2) is 38.7 Å². The van der Waals surface area contributed by atoms with Crippen molar-refractivity contribution in [2.75, 3.05) is 7.11 Å². The van der Waals surface area contributed by atoms with E-state index in [-0.39, 0.29) is 28.9 Å². The van der Waals surface area contributed by atoms with E-state index in [2.05, 4.69) is 69.3 Å². The molecule has 3 rings (SSSR count). The van der Waals surface area contributed by atoms with Crippen molar-refractivity contribution in [2.24, 2.45) is 11.8 Å². The summed E-state index contributed by atoms with van der Waals surface area (Å²) >= 11 is 0. The van der Waals surface area contributed by atoms with Gasteiger partial charge in [-0.15, -0.1) is 0 Å². The molecule has 1 saturated carbocycles.